The van der Waals surface area contributed by atoms with Crippen molar-refractivity contribution in [2.45, 2.75) is 24.9 Å². The Labute approximate surface area is 130 Å². The van der Waals surface area contributed by atoms with Crippen molar-refractivity contribution in [3.8, 4) is 0 Å². The predicted octanol–water partition coefficient (Wildman–Crippen LogP) is 4.40. The van der Waals surface area contributed by atoms with Crippen molar-refractivity contribution in [1.29, 1.82) is 0 Å². The molecule has 0 radical (unpaired) electrons. The van der Waals surface area contributed by atoms with Crippen molar-refractivity contribution in [2.75, 3.05) is 12.8 Å². The number of hydrogen-bond donors (Lipinski definition) is 1. The molecule has 2 nitrogen and oxygen atoms in total. The van der Waals surface area contributed by atoms with Crippen LogP contribution >= 0.6 is 23.4 Å². The van der Waals surface area contributed by atoms with Gasteiger partial charge in [-0.3, -0.25) is 0 Å². The molecule has 1 N–H and O–H groups in total. The van der Waals surface area contributed by atoms with E-state index in [-0.39, 0.29) is 0 Å². The second-order valence-electron chi connectivity index (χ2n) is 4.89. The molecule has 0 aliphatic rings. The number of aryl methyl sites for hydroxylation is 2. The maximum Gasteiger partial charge on any atom is 0.0961 e. The van der Waals surface area contributed by atoms with Crippen molar-refractivity contribution >= 4 is 23.4 Å². The molecule has 1 aromatic carbocycles. The SMILES string of the molecule is CNC(CSc1ccc(Cl)cn1)c1cc(C)cc(C)c1. The van der Waals surface area contributed by atoms with Crippen LogP contribution in [0.25, 0.3) is 0 Å². The molecule has 20 heavy (non-hydrogen) atoms. The number of rotatable bonds is 5. The summed E-state index contributed by atoms with van der Waals surface area (Å²) in [4.78, 5) is 4.32. The summed E-state index contributed by atoms with van der Waals surface area (Å²) in [5.41, 5.74) is 3.93. The minimum absolute atomic E-state index is 0.316. The Morgan fingerprint density at radius 1 is 1.20 bits per heavy atom. The van der Waals surface area contributed by atoms with E-state index < -0.39 is 0 Å². The fourth-order valence-corrected chi connectivity index (χ4v) is 3.27. The van der Waals surface area contributed by atoms with E-state index in [0.717, 1.165) is 10.8 Å². The molecule has 0 amide bonds. The summed E-state index contributed by atoms with van der Waals surface area (Å²) in [6.07, 6.45) is 1.69. The summed E-state index contributed by atoms with van der Waals surface area (Å²) in [7, 11) is 2.00. The first-order chi connectivity index (χ1) is 9.58. The standard InChI is InChI=1S/C16H19ClN2S/c1-11-6-12(2)8-13(7-11)15(18-3)10-20-16-5-4-14(17)9-19-16/h4-9,15,18H,10H2,1-3H3. The summed E-state index contributed by atoms with van der Waals surface area (Å²) >= 11 is 7.58. The minimum Gasteiger partial charge on any atom is -0.312 e. The minimum atomic E-state index is 0.316. The lowest BCUT2D eigenvalue weighted by Gasteiger charge is -2.17. The number of hydrogen-bond acceptors (Lipinski definition) is 3. The summed E-state index contributed by atoms with van der Waals surface area (Å²) in [5, 5.41) is 5.05. The first kappa shape index (κ1) is 15.4. The molecule has 2 rings (SSSR count). The van der Waals surface area contributed by atoms with Gasteiger partial charge in [-0.25, -0.2) is 4.98 Å². The maximum absolute atomic E-state index is 5.85. The largest absolute Gasteiger partial charge is 0.312 e. The molecule has 0 aliphatic carbocycles. The Bertz CT molecular complexity index is 549. The average molecular weight is 307 g/mol. The number of aromatic nitrogens is 1. The van der Waals surface area contributed by atoms with E-state index in [1.54, 1.807) is 18.0 Å². The van der Waals surface area contributed by atoms with E-state index in [1.165, 1.54) is 16.7 Å². The third kappa shape index (κ3) is 4.23. The summed E-state index contributed by atoms with van der Waals surface area (Å²) < 4.78 is 0. The van der Waals surface area contributed by atoms with Crippen LogP contribution in [0.5, 0.6) is 0 Å². The van der Waals surface area contributed by atoms with Gasteiger partial charge in [-0.05, 0) is 38.6 Å². The van der Waals surface area contributed by atoms with Gasteiger partial charge in [-0.1, -0.05) is 40.9 Å². The van der Waals surface area contributed by atoms with E-state index >= 15 is 0 Å². The third-order valence-electron chi connectivity index (χ3n) is 3.09. The summed E-state index contributed by atoms with van der Waals surface area (Å²) in [6.45, 7) is 4.27. The Balaban J connectivity index is 2.07. The first-order valence-electron chi connectivity index (χ1n) is 6.58. The van der Waals surface area contributed by atoms with Gasteiger partial charge in [0.15, 0.2) is 0 Å². The predicted molar refractivity (Wildman–Crippen MR) is 87.7 cm³/mol. The molecule has 4 heteroatoms. The molecule has 1 unspecified atom stereocenters. The average Bonchev–Trinajstić information content (AvgIpc) is 2.40. The van der Waals surface area contributed by atoms with E-state index in [1.807, 2.05) is 19.2 Å². The highest BCUT2D eigenvalue weighted by molar-refractivity contribution is 7.99. The van der Waals surface area contributed by atoms with Gasteiger partial charge in [0.2, 0.25) is 0 Å². The van der Waals surface area contributed by atoms with E-state index in [2.05, 4.69) is 42.3 Å². The highest BCUT2D eigenvalue weighted by Crippen LogP contribution is 2.25. The fourth-order valence-electron chi connectivity index (χ4n) is 2.17. The van der Waals surface area contributed by atoms with Gasteiger partial charge in [0.05, 0.1) is 10.0 Å². The molecule has 106 valence electrons. The molecule has 0 fully saturated rings. The number of nitrogens with one attached hydrogen (secondary N) is 1. The van der Waals surface area contributed by atoms with Gasteiger partial charge in [-0.15, -0.1) is 11.8 Å². The zero-order valence-corrected chi connectivity index (χ0v) is 13.6. The number of nitrogens with zero attached hydrogens (tertiary/aromatic N) is 1. The van der Waals surface area contributed by atoms with Gasteiger partial charge in [-0.2, -0.15) is 0 Å². The fraction of sp³-hybridized carbons (Fsp3) is 0.312. The van der Waals surface area contributed by atoms with Gasteiger partial charge in [0.25, 0.3) is 0 Å². The first-order valence-corrected chi connectivity index (χ1v) is 7.94. The Kier molecular flexibility index (Phi) is 5.46. The second kappa shape index (κ2) is 7.11. The highest BCUT2D eigenvalue weighted by atomic mass is 35.5. The van der Waals surface area contributed by atoms with Gasteiger partial charge >= 0.3 is 0 Å². The van der Waals surface area contributed by atoms with Crippen molar-refractivity contribution < 1.29 is 0 Å². The molecule has 0 saturated carbocycles. The van der Waals surface area contributed by atoms with Crippen LogP contribution in [-0.2, 0) is 0 Å². The highest BCUT2D eigenvalue weighted by Gasteiger charge is 2.11. The molecular formula is C16H19ClN2S. The molecule has 1 aromatic heterocycles. The Hall–Kier alpha value is -1.03. The monoisotopic (exact) mass is 306 g/mol. The van der Waals surface area contributed by atoms with Crippen LogP contribution < -0.4 is 5.32 Å². The molecule has 0 bridgehead atoms. The molecule has 0 saturated heterocycles. The van der Waals surface area contributed by atoms with Gasteiger partial charge in [0, 0.05) is 18.0 Å². The van der Waals surface area contributed by atoms with Crippen LogP contribution in [0.4, 0.5) is 0 Å². The summed E-state index contributed by atoms with van der Waals surface area (Å²) in [5.74, 6) is 0.939. The molecule has 2 aromatic rings. The Morgan fingerprint density at radius 2 is 1.90 bits per heavy atom. The number of benzene rings is 1. The number of pyridine rings is 1. The maximum atomic E-state index is 5.85. The molecular weight excluding hydrogens is 288 g/mol. The van der Waals surface area contributed by atoms with Crippen molar-refractivity contribution in [2.24, 2.45) is 0 Å². The second-order valence-corrected chi connectivity index (χ2v) is 6.36. The van der Waals surface area contributed by atoms with E-state index in [0.29, 0.717) is 11.1 Å². The summed E-state index contributed by atoms with van der Waals surface area (Å²) in [6, 6.07) is 10.8. The number of halogens is 1. The van der Waals surface area contributed by atoms with Crippen LogP contribution in [0, 0.1) is 13.8 Å². The van der Waals surface area contributed by atoms with Gasteiger partial charge in [0.1, 0.15) is 0 Å². The topological polar surface area (TPSA) is 24.9 Å². The smallest absolute Gasteiger partial charge is 0.0961 e. The van der Waals surface area contributed by atoms with Crippen LogP contribution in [0.1, 0.15) is 22.7 Å². The van der Waals surface area contributed by atoms with Crippen LogP contribution in [0.2, 0.25) is 5.02 Å². The van der Waals surface area contributed by atoms with Crippen LogP contribution in [0.15, 0.2) is 41.6 Å². The number of thioether (sulfide) groups is 1. The van der Waals surface area contributed by atoms with Gasteiger partial charge < -0.3 is 5.32 Å². The third-order valence-corrected chi connectivity index (χ3v) is 4.35. The normalized spacial score (nSPS) is 12.4. The lowest BCUT2D eigenvalue weighted by Crippen LogP contribution is -2.19. The molecule has 1 atom stereocenters. The van der Waals surface area contributed by atoms with Crippen molar-refractivity contribution in [1.82, 2.24) is 10.3 Å². The van der Waals surface area contributed by atoms with Crippen LogP contribution in [-0.4, -0.2) is 17.8 Å². The lowest BCUT2D eigenvalue weighted by molar-refractivity contribution is 0.660. The zero-order valence-electron chi connectivity index (χ0n) is 12.0. The van der Waals surface area contributed by atoms with Crippen LogP contribution in [0.3, 0.4) is 0 Å². The van der Waals surface area contributed by atoms with E-state index in [9.17, 15) is 0 Å². The van der Waals surface area contributed by atoms with Crippen molar-refractivity contribution in [3.63, 3.8) is 0 Å². The quantitative estimate of drug-likeness (QED) is 0.829. The zero-order chi connectivity index (χ0) is 14.5. The lowest BCUT2D eigenvalue weighted by atomic mass is 10.0. The molecule has 0 aliphatic heterocycles. The van der Waals surface area contributed by atoms with E-state index in [4.69, 9.17) is 11.6 Å². The molecule has 1 heterocycles. The Morgan fingerprint density at radius 3 is 2.45 bits per heavy atom. The molecule has 0 spiro atoms. The van der Waals surface area contributed by atoms with Crippen molar-refractivity contribution in [3.05, 3.63) is 58.2 Å².